The van der Waals surface area contributed by atoms with Crippen molar-refractivity contribution in [2.24, 2.45) is 0 Å². The van der Waals surface area contributed by atoms with Crippen molar-refractivity contribution in [1.82, 2.24) is 4.90 Å². The Hall–Kier alpha value is -4.36. The first-order valence-electron chi connectivity index (χ1n) is 12.3. The number of nitrogens with zero attached hydrogens (tertiary/aromatic N) is 1. The number of carbonyl (C=O) groups is 3. The maximum atomic E-state index is 12.8. The van der Waals surface area contributed by atoms with E-state index < -0.39 is 17.1 Å². The van der Waals surface area contributed by atoms with Crippen molar-refractivity contribution in [1.29, 1.82) is 0 Å². The third-order valence-corrected chi connectivity index (χ3v) is 7.13. The second kappa shape index (κ2) is 11.4. The standard InChI is InChI=1S/C31H26N2O4S/c1-2-21-8-13-26(14-9-21)32-29(34)19-33-30(35)28(38-31(33)36)18-22-10-15-27(16-11-22)37-20-23-7-12-24-5-3-4-6-25(24)17-23/h3-18H,2,19-20H2,1H3,(H,32,34)/b28-18-. The maximum absolute atomic E-state index is 12.8. The number of ether oxygens (including phenoxy) is 1. The number of hydrogen-bond acceptors (Lipinski definition) is 5. The van der Waals surface area contributed by atoms with Gasteiger partial charge in [-0.1, -0.05) is 67.6 Å². The Morgan fingerprint density at radius 1 is 0.895 bits per heavy atom. The minimum Gasteiger partial charge on any atom is -0.489 e. The van der Waals surface area contributed by atoms with E-state index >= 15 is 0 Å². The number of thioether (sulfide) groups is 1. The molecule has 1 saturated heterocycles. The molecule has 0 saturated carbocycles. The van der Waals surface area contributed by atoms with Crippen LogP contribution in [-0.2, 0) is 22.6 Å². The summed E-state index contributed by atoms with van der Waals surface area (Å²) in [4.78, 5) is 39.0. The molecule has 6 nitrogen and oxygen atoms in total. The molecule has 0 spiro atoms. The molecule has 4 aromatic rings. The fourth-order valence-corrected chi connectivity index (χ4v) is 4.95. The van der Waals surface area contributed by atoms with Crippen LogP contribution in [0.15, 0.2) is 95.9 Å². The monoisotopic (exact) mass is 522 g/mol. The molecule has 0 atom stereocenters. The fourth-order valence-electron chi connectivity index (χ4n) is 4.11. The van der Waals surface area contributed by atoms with E-state index in [1.54, 1.807) is 18.2 Å². The van der Waals surface area contributed by atoms with E-state index in [1.807, 2.05) is 48.5 Å². The number of anilines is 1. The van der Waals surface area contributed by atoms with Crippen molar-refractivity contribution >= 4 is 51.4 Å². The lowest BCUT2D eigenvalue weighted by molar-refractivity contribution is -0.127. The van der Waals surface area contributed by atoms with Gasteiger partial charge < -0.3 is 10.1 Å². The summed E-state index contributed by atoms with van der Waals surface area (Å²) in [6, 6.07) is 29.2. The molecule has 3 amide bonds. The van der Waals surface area contributed by atoms with Crippen LogP contribution < -0.4 is 10.1 Å². The molecular weight excluding hydrogens is 496 g/mol. The minimum atomic E-state index is -0.479. The summed E-state index contributed by atoms with van der Waals surface area (Å²) in [5.41, 5.74) is 3.61. The highest BCUT2D eigenvalue weighted by atomic mass is 32.2. The van der Waals surface area contributed by atoms with Gasteiger partial charge in [0.15, 0.2) is 0 Å². The number of carbonyl (C=O) groups excluding carboxylic acids is 3. The number of fused-ring (bicyclic) bond motifs is 1. The summed E-state index contributed by atoms with van der Waals surface area (Å²) < 4.78 is 5.93. The van der Waals surface area contributed by atoms with Gasteiger partial charge in [0.05, 0.1) is 4.91 Å². The summed E-state index contributed by atoms with van der Waals surface area (Å²) in [5.74, 6) is -0.203. The van der Waals surface area contributed by atoms with E-state index in [0.717, 1.165) is 39.8 Å². The Balaban J connectivity index is 1.17. The Morgan fingerprint density at radius 2 is 1.61 bits per heavy atom. The molecule has 0 radical (unpaired) electrons. The van der Waals surface area contributed by atoms with Gasteiger partial charge in [0.25, 0.3) is 11.1 Å². The molecule has 0 aliphatic carbocycles. The number of hydrogen-bond donors (Lipinski definition) is 1. The first-order chi connectivity index (χ1) is 18.5. The average Bonchev–Trinajstić information content (AvgIpc) is 3.20. The molecule has 1 fully saturated rings. The third-order valence-electron chi connectivity index (χ3n) is 6.22. The van der Waals surface area contributed by atoms with E-state index in [0.29, 0.717) is 18.0 Å². The van der Waals surface area contributed by atoms with Crippen molar-refractivity contribution in [3.63, 3.8) is 0 Å². The van der Waals surface area contributed by atoms with Gasteiger partial charge >= 0.3 is 0 Å². The number of imide groups is 1. The number of aryl methyl sites for hydroxylation is 1. The average molecular weight is 523 g/mol. The molecule has 5 rings (SSSR count). The Bertz CT molecular complexity index is 1530. The molecule has 0 bridgehead atoms. The highest BCUT2D eigenvalue weighted by Crippen LogP contribution is 2.32. The molecule has 1 aliphatic heterocycles. The zero-order chi connectivity index (χ0) is 26.5. The summed E-state index contributed by atoms with van der Waals surface area (Å²) >= 11 is 0.830. The van der Waals surface area contributed by atoms with Crippen molar-refractivity contribution in [3.8, 4) is 5.75 Å². The predicted octanol–water partition coefficient (Wildman–Crippen LogP) is 6.66. The van der Waals surface area contributed by atoms with Crippen LogP contribution in [0.4, 0.5) is 10.5 Å². The van der Waals surface area contributed by atoms with Gasteiger partial charge in [0.1, 0.15) is 18.9 Å². The molecule has 7 heteroatoms. The molecule has 190 valence electrons. The molecule has 0 aromatic heterocycles. The van der Waals surface area contributed by atoms with Crippen molar-refractivity contribution in [2.45, 2.75) is 20.0 Å². The van der Waals surface area contributed by atoms with Crippen LogP contribution in [0.25, 0.3) is 16.8 Å². The Kier molecular flexibility index (Phi) is 7.56. The topological polar surface area (TPSA) is 75.7 Å². The molecular formula is C31H26N2O4S. The highest BCUT2D eigenvalue weighted by Gasteiger charge is 2.36. The second-order valence-electron chi connectivity index (χ2n) is 8.91. The fraction of sp³-hybridized carbons (Fsp3) is 0.129. The van der Waals surface area contributed by atoms with Crippen LogP contribution in [0.2, 0.25) is 0 Å². The van der Waals surface area contributed by atoms with Gasteiger partial charge in [-0.25, -0.2) is 0 Å². The van der Waals surface area contributed by atoms with Crippen LogP contribution in [0, 0.1) is 0 Å². The molecule has 38 heavy (non-hydrogen) atoms. The largest absolute Gasteiger partial charge is 0.489 e. The number of amides is 3. The van der Waals surface area contributed by atoms with Gasteiger partial charge in [0, 0.05) is 5.69 Å². The molecule has 4 aromatic carbocycles. The Labute approximate surface area is 225 Å². The number of rotatable bonds is 8. The summed E-state index contributed by atoms with van der Waals surface area (Å²) in [6.45, 7) is 2.16. The van der Waals surface area contributed by atoms with Crippen LogP contribution in [0.3, 0.4) is 0 Å². The molecule has 1 aliphatic rings. The SMILES string of the molecule is CCc1ccc(NC(=O)CN2C(=O)S/C(=C\c3ccc(OCc4ccc5ccccc5c4)cc3)C2=O)cc1. The lowest BCUT2D eigenvalue weighted by Crippen LogP contribution is -2.36. The van der Waals surface area contributed by atoms with E-state index in [9.17, 15) is 14.4 Å². The van der Waals surface area contributed by atoms with Gasteiger partial charge in [-0.2, -0.15) is 0 Å². The molecule has 1 heterocycles. The maximum Gasteiger partial charge on any atom is 0.294 e. The highest BCUT2D eigenvalue weighted by molar-refractivity contribution is 8.18. The number of nitrogens with one attached hydrogen (secondary N) is 1. The quantitative estimate of drug-likeness (QED) is 0.262. The zero-order valence-corrected chi connectivity index (χ0v) is 21.7. The zero-order valence-electron chi connectivity index (χ0n) is 20.8. The minimum absolute atomic E-state index is 0.278. The smallest absolute Gasteiger partial charge is 0.294 e. The lowest BCUT2D eigenvalue weighted by Gasteiger charge is -2.12. The Morgan fingerprint density at radius 3 is 2.34 bits per heavy atom. The van der Waals surface area contributed by atoms with Crippen molar-refractivity contribution in [3.05, 3.63) is 113 Å². The van der Waals surface area contributed by atoms with Crippen LogP contribution >= 0.6 is 11.8 Å². The lowest BCUT2D eigenvalue weighted by atomic mass is 10.1. The van der Waals surface area contributed by atoms with Gasteiger partial charge in [-0.05, 0) is 82.1 Å². The van der Waals surface area contributed by atoms with Gasteiger partial charge in [-0.3, -0.25) is 19.3 Å². The summed E-state index contributed by atoms with van der Waals surface area (Å²) in [7, 11) is 0. The first-order valence-corrected chi connectivity index (χ1v) is 13.1. The van der Waals surface area contributed by atoms with Crippen molar-refractivity contribution in [2.75, 3.05) is 11.9 Å². The van der Waals surface area contributed by atoms with Crippen LogP contribution in [0.5, 0.6) is 5.75 Å². The van der Waals surface area contributed by atoms with Crippen molar-refractivity contribution < 1.29 is 19.1 Å². The number of benzene rings is 4. The van der Waals surface area contributed by atoms with Gasteiger partial charge in [-0.15, -0.1) is 0 Å². The predicted molar refractivity (Wildman–Crippen MR) is 152 cm³/mol. The van der Waals surface area contributed by atoms with Crippen LogP contribution in [-0.4, -0.2) is 28.5 Å². The third kappa shape index (κ3) is 5.95. The van der Waals surface area contributed by atoms with E-state index in [2.05, 4.69) is 42.6 Å². The summed E-state index contributed by atoms with van der Waals surface area (Å²) in [6.07, 6.45) is 2.55. The summed E-state index contributed by atoms with van der Waals surface area (Å²) in [5, 5.41) is 4.63. The first kappa shape index (κ1) is 25.3. The normalized spacial score (nSPS) is 14.3. The van der Waals surface area contributed by atoms with E-state index in [1.165, 1.54) is 10.8 Å². The van der Waals surface area contributed by atoms with E-state index in [4.69, 9.17) is 4.74 Å². The van der Waals surface area contributed by atoms with Crippen LogP contribution in [0.1, 0.15) is 23.6 Å². The second-order valence-corrected chi connectivity index (χ2v) is 9.90. The molecule has 0 unspecified atom stereocenters. The molecule has 1 N–H and O–H groups in total. The van der Waals surface area contributed by atoms with Gasteiger partial charge in [0.2, 0.25) is 5.91 Å². The van der Waals surface area contributed by atoms with E-state index in [-0.39, 0.29) is 11.4 Å².